The van der Waals surface area contributed by atoms with Gasteiger partial charge >= 0.3 is 0 Å². The molecule has 0 bridgehead atoms. The monoisotopic (exact) mass is 397 g/mol. The second kappa shape index (κ2) is 7.94. The maximum absolute atomic E-state index is 12.9. The van der Waals surface area contributed by atoms with Crippen molar-refractivity contribution in [1.82, 2.24) is 24.1 Å². The Balaban J connectivity index is 1.35. The molecule has 4 heterocycles. The van der Waals surface area contributed by atoms with E-state index in [0.717, 1.165) is 18.5 Å². The molecule has 0 unspecified atom stereocenters. The van der Waals surface area contributed by atoms with Gasteiger partial charge in [0.25, 0.3) is 11.5 Å². The number of carbonyl (C=O) groups is 1. The van der Waals surface area contributed by atoms with Crippen LogP contribution in [0.1, 0.15) is 23.2 Å². The van der Waals surface area contributed by atoms with Crippen LogP contribution in [0.5, 0.6) is 11.6 Å². The van der Waals surface area contributed by atoms with Crippen molar-refractivity contribution < 1.29 is 14.3 Å². The molecule has 4 rings (SSSR count). The number of ether oxygens (including phenoxy) is 2. The van der Waals surface area contributed by atoms with Gasteiger partial charge in [0.1, 0.15) is 5.75 Å². The van der Waals surface area contributed by atoms with E-state index in [1.165, 1.54) is 23.9 Å². The Morgan fingerprint density at radius 3 is 2.83 bits per heavy atom. The average molecular weight is 397 g/mol. The highest BCUT2D eigenvalue weighted by Crippen LogP contribution is 2.23. The number of hydrogen-bond acceptors (Lipinski definition) is 6. The molecule has 9 heteroatoms. The lowest BCUT2D eigenvalue weighted by atomic mass is 9.97. The molecule has 9 nitrogen and oxygen atoms in total. The molecule has 1 fully saturated rings. The zero-order valence-corrected chi connectivity index (χ0v) is 16.4. The number of nitrogens with zero attached hydrogens (tertiary/aromatic N) is 5. The summed E-state index contributed by atoms with van der Waals surface area (Å²) in [6.07, 6.45) is 6.69. The smallest absolute Gasteiger partial charge is 0.259 e. The fourth-order valence-electron chi connectivity index (χ4n) is 3.49. The van der Waals surface area contributed by atoms with Gasteiger partial charge in [0, 0.05) is 50.9 Å². The Labute approximate surface area is 167 Å². The minimum absolute atomic E-state index is 0.121. The standard InChI is InChI=1S/C20H23N5O4/c1-23-12-15(16(28-2)11-19(23)26)20(27)24-8-5-14(6-9-24)13-29-18-4-3-17-21-7-10-25(17)22-18/h3-4,7,10-12,14H,5-6,8-9,13H2,1-2H3. The van der Waals surface area contributed by atoms with Crippen molar-refractivity contribution in [3.05, 3.63) is 52.7 Å². The molecule has 3 aromatic rings. The quantitative estimate of drug-likeness (QED) is 0.646. The zero-order chi connectivity index (χ0) is 20.4. The van der Waals surface area contributed by atoms with Gasteiger partial charge in [-0.25, -0.2) is 9.50 Å². The van der Waals surface area contributed by atoms with E-state index in [1.54, 1.807) is 28.9 Å². The predicted octanol–water partition coefficient (Wildman–Crippen LogP) is 1.37. The van der Waals surface area contributed by atoms with Gasteiger partial charge in [-0.15, -0.1) is 5.10 Å². The summed E-state index contributed by atoms with van der Waals surface area (Å²) < 4.78 is 14.1. The van der Waals surface area contributed by atoms with E-state index in [0.29, 0.717) is 42.8 Å². The Hall–Kier alpha value is -3.36. The third-order valence-corrected chi connectivity index (χ3v) is 5.24. The summed E-state index contributed by atoms with van der Waals surface area (Å²) in [6, 6.07) is 5.02. The van der Waals surface area contributed by atoms with Crippen LogP contribution >= 0.6 is 0 Å². The molecular weight excluding hydrogens is 374 g/mol. The third kappa shape index (κ3) is 3.94. The Bertz CT molecular complexity index is 1080. The Morgan fingerprint density at radius 2 is 2.07 bits per heavy atom. The maximum Gasteiger partial charge on any atom is 0.259 e. The lowest BCUT2D eigenvalue weighted by Gasteiger charge is -2.32. The molecule has 1 aliphatic heterocycles. The molecule has 0 N–H and O–H groups in total. The van der Waals surface area contributed by atoms with Gasteiger partial charge in [-0.1, -0.05) is 0 Å². The normalized spacial score (nSPS) is 14.9. The second-order valence-corrected chi connectivity index (χ2v) is 7.15. The molecule has 3 aromatic heterocycles. The summed E-state index contributed by atoms with van der Waals surface area (Å²) in [7, 11) is 3.08. The number of imidazole rings is 1. The van der Waals surface area contributed by atoms with Crippen molar-refractivity contribution in [2.75, 3.05) is 26.8 Å². The van der Waals surface area contributed by atoms with Crippen molar-refractivity contribution in [1.29, 1.82) is 0 Å². The summed E-state index contributed by atoms with van der Waals surface area (Å²) in [5, 5.41) is 4.36. The molecule has 0 saturated carbocycles. The Morgan fingerprint density at radius 1 is 1.28 bits per heavy atom. The van der Waals surface area contributed by atoms with E-state index in [2.05, 4.69) is 10.1 Å². The lowest BCUT2D eigenvalue weighted by molar-refractivity contribution is 0.0654. The van der Waals surface area contributed by atoms with Crippen LogP contribution in [0.4, 0.5) is 0 Å². The van der Waals surface area contributed by atoms with E-state index in [1.807, 2.05) is 12.1 Å². The first-order valence-corrected chi connectivity index (χ1v) is 9.52. The van der Waals surface area contributed by atoms with Gasteiger partial charge in [-0.05, 0) is 24.8 Å². The van der Waals surface area contributed by atoms with Crippen LogP contribution in [0.25, 0.3) is 5.65 Å². The first kappa shape index (κ1) is 19.0. The van der Waals surface area contributed by atoms with Gasteiger partial charge in [0.15, 0.2) is 5.65 Å². The molecule has 0 atom stereocenters. The van der Waals surface area contributed by atoms with Crippen LogP contribution in [-0.2, 0) is 7.05 Å². The highest BCUT2D eigenvalue weighted by atomic mass is 16.5. The topological polar surface area (TPSA) is 91.0 Å². The van der Waals surface area contributed by atoms with Gasteiger partial charge in [0.2, 0.25) is 5.88 Å². The van der Waals surface area contributed by atoms with Crippen molar-refractivity contribution in [3.8, 4) is 11.6 Å². The highest BCUT2D eigenvalue weighted by Gasteiger charge is 2.26. The first-order chi connectivity index (χ1) is 14.0. The molecule has 0 radical (unpaired) electrons. The second-order valence-electron chi connectivity index (χ2n) is 7.15. The van der Waals surface area contributed by atoms with Crippen molar-refractivity contribution >= 4 is 11.6 Å². The van der Waals surface area contributed by atoms with E-state index in [-0.39, 0.29) is 11.5 Å². The largest absolute Gasteiger partial charge is 0.496 e. The molecule has 0 aliphatic carbocycles. The van der Waals surface area contributed by atoms with Crippen LogP contribution in [0.2, 0.25) is 0 Å². The van der Waals surface area contributed by atoms with Gasteiger partial charge in [0.05, 0.1) is 19.3 Å². The van der Waals surface area contributed by atoms with Crippen molar-refractivity contribution in [3.63, 3.8) is 0 Å². The number of piperidine rings is 1. The first-order valence-electron chi connectivity index (χ1n) is 9.52. The summed E-state index contributed by atoms with van der Waals surface area (Å²) in [5.41, 5.74) is 0.969. The van der Waals surface area contributed by atoms with Gasteiger partial charge in [-0.2, -0.15) is 0 Å². The number of likely N-dealkylation sites (tertiary alicyclic amines) is 1. The maximum atomic E-state index is 12.9. The molecule has 29 heavy (non-hydrogen) atoms. The fraction of sp³-hybridized carbons (Fsp3) is 0.400. The third-order valence-electron chi connectivity index (χ3n) is 5.24. The Kier molecular flexibility index (Phi) is 5.20. The summed E-state index contributed by atoms with van der Waals surface area (Å²) in [6.45, 7) is 1.82. The molecular formula is C20H23N5O4. The number of fused-ring (bicyclic) bond motifs is 1. The molecule has 1 saturated heterocycles. The lowest BCUT2D eigenvalue weighted by Crippen LogP contribution is -2.40. The number of aryl methyl sites for hydroxylation is 1. The van der Waals surface area contributed by atoms with Crippen molar-refractivity contribution in [2.45, 2.75) is 12.8 Å². The summed E-state index contributed by atoms with van der Waals surface area (Å²) in [4.78, 5) is 30.6. The van der Waals surface area contributed by atoms with E-state index in [4.69, 9.17) is 9.47 Å². The number of hydrogen-bond donors (Lipinski definition) is 0. The highest BCUT2D eigenvalue weighted by molar-refractivity contribution is 5.96. The number of methoxy groups -OCH3 is 1. The van der Waals surface area contributed by atoms with Gasteiger partial charge in [-0.3, -0.25) is 9.59 Å². The summed E-state index contributed by atoms with van der Waals surface area (Å²) >= 11 is 0. The average Bonchev–Trinajstić information content (AvgIpc) is 3.21. The summed E-state index contributed by atoms with van der Waals surface area (Å²) in [5.74, 6) is 1.10. The number of amides is 1. The van der Waals surface area contributed by atoms with Crippen LogP contribution in [0.3, 0.4) is 0 Å². The van der Waals surface area contributed by atoms with E-state index >= 15 is 0 Å². The molecule has 1 amide bonds. The minimum atomic E-state index is -0.211. The van der Waals surface area contributed by atoms with Crippen molar-refractivity contribution in [2.24, 2.45) is 13.0 Å². The molecule has 1 aliphatic rings. The van der Waals surface area contributed by atoms with Crippen LogP contribution in [0.15, 0.2) is 41.6 Å². The molecule has 0 aromatic carbocycles. The van der Waals surface area contributed by atoms with Crippen LogP contribution in [0, 0.1) is 5.92 Å². The van der Waals surface area contributed by atoms with E-state index in [9.17, 15) is 9.59 Å². The number of aromatic nitrogens is 4. The number of carbonyl (C=O) groups excluding carboxylic acids is 1. The van der Waals surface area contributed by atoms with Gasteiger partial charge < -0.3 is 18.9 Å². The van der Waals surface area contributed by atoms with Crippen LogP contribution in [-0.4, -0.2) is 56.8 Å². The number of pyridine rings is 1. The minimum Gasteiger partial charge on any atom is -0.496 e. The fourth-order valence-corrected chi connectivity index (χ4v) is 3.49. The SMILES string of the molecule is COc1cc(=O)n(C)cc1C(=O)N1CCC(COc2ccc3nccn3n2)CC1. The van der Waals surface area contributed by atoms with Crippen LogP contribution < -0.4 is 15.0 Å². The van der Waals surface area contributed by atoms with E-state index < -0.39 is 0 Å². The molecule has 152 valence electrons. The number of rotatable bonds is 5. The zero-order valence-electron chi connectivity index (χ0n) is 16.4. The molecule has 0 spiro atoms. The predicted molar refractivity (Wildman–Crippen MR) is 105 cm³/mol.